The number of nitrogens with zero attached hydrogens (tertiary/aromatic N) is 3. The average Bonchev–Trinajstić information content (AvgIpc) is 3.35. The van der Waals surface area contributed by atoms with E-state index in [1.165, 1.54) is 4.90 Å². The molecule has 9 nitrogen and oxygen atoms in total. The molecule has 1 unspecified atom stereocenters. The average molecular weight is 648 g/mol. The van der Waals surface area contributed by atoms with Crippen LogP contribution in [-0.4, -0.2) is 71.3 Å². The summed E-state index contributed by atoms with van der Waals surface area (Å²) in [5.41, 5.74) is 1.34. The Hall–Kier alpha value is -4.73. The van der Waals surface area contributed by atoms with E-state index in [4.69, 9.17) is 9.47 Å². The van der Waals surface area contributed by atoms with Gasteiger partial charge in [-0.15, -0.1) is 0 Å². The number of hydrogen-bond donors (Lipinski definition) is 1. The SMILES string of the molecule is CCOc1ccc(N2CC=C[C@]3(C)O[C@]45C=CCN(c6c(C)cccc6C)C(=O)C4N([C@H](CO)c4ccccc4)C(=O)[C@@H]5[C@@H]3C2=O)cc1. The van der Waals surface area contributed by atoms with Gasteiger partial charge in [-0.1, -0.05) is 72.8 Å². The van der Waals surface area contributed by atoms with Crippen LogP contribution in [0.5, 0.6) is 5.75 Å². The van der Waals surface area contributed by atoms with Crippen LogP contribution in [0.1, 0.15) is 36.6 Å². The van der Waals surface area contributed by atoms with Gasteiger partial charge in [-0.25, -0.2) is 0 Å². The molecular weight excluding hydrogens is 606 g/mol. The van der Waals surface area contributed by atoms with Crippen molar-refractivity contribution in [3.05, 3.63) is 114 Å². The van der Waals surface area contributed by atoms with Gasteiger partial charge in [0, 0.05) is 24.5 Å². The Bertz CT molecular complexity index is 1790. The highest BCUT2D eigenvalue weighted by atomic mass is 16.5. The van der Waals surface area contributed by atoms with E-state index in [9.17, 15) is 9.90 Å². The van der Waals surface area contributed by atoms with Crippen LogP contribution in [0.15, 0.2) is 97.1 Å². The van der Waals surface area contributed by atoms with Gasteiger partial charge in [0.2, 0.25) is 11.8 Å². The van der Waals surface area contributed by atoms with E-state index in [0.29, 0.717) is 30.2 Å². The first-order chi connectivity index (χ1) is 23.1. The number of fused-ring (bicyclic) bond motifs is 2. The summed E-state index contributed by atoms with van der Waals surface area (Å²) in [6, 6.07) is 20.5. The molecule has 4 aliphatic heterocycles. The zero-order chi connectivity index (χ0) is 33.8. The molecule has 7 rings (SSSR count). The Kier molecular flexibility index (Phi) is 8.00. The third-order valence-electron chi connectivity index (χ3n) is 10.4. The second kappa shape index (κ2) is 12.1. The van der Waals surface area contributed by atoms with Gasteiger partial charge in [0.1, 0.15) is 17.4 Å². The zero-order valence-corrected chi connectivity index (χ0v) is 27.7. The number of anilines is 2. The van der Waals surface area contributed by atoms with Gasteiger partial charge < -0.3 is 29.3 Å². The number of para-hydroxylation sites is 1. The minimum Gasteiger partial charge on any atom is -0.494 e. The number of ether oxygens (including phenoxy) is 2. The number of hydrogen-bond acceptors (Lipinski definition) is 6. The van der Waals surface area contributed by atoms with Crippen molar-refractivity contribution in [2.45, 2.75) is 51.0 Å². The lowest BCUT2D eigenvalue weighted by Crippen LogP contribution is -2.57. The van der Waals surface area contributed by atoms with Crippen molar-refractivity contribution in [1.82, 2.24) is 4.90 Å². The number of amides is 3. The predicted molar refractivity (Wildman–Crippen MR) is 183 cm³/mol. The maximum Gasteiger partial charge on any atom is 0.253 e. The van der Waals surface area contributed by atoms with Crippen molar-refractivity contribution in [2.24, 2.45) is 11.8 Å². The first kappa shape index (κ1) is 31.8. The van der Waals surface area contributed by atoms with Gasteiger partial charge in [0.15, 0.2) is 0 Å². The molecule has 9 heteroatoms. The summed E-state index contributed by atoms with van der Waals surface area (Å²) in [5.74, 6) is -2.25. The molecule has 48 heavy (non-hydrogen) atoms. The van der Waals surface area contributed by atoms with Gasteiger partial charge in [0.05, 0.1) is 36.7 Å². The summed E-state index contributed by atoms with van der Waals surface area (Å²) in [6.07, 6.45) is 7.50. The Balaban J connectivity index is 1.38. The predicted octanol–water partition coefficient (Wildman–Crippen LogP) is 4.91. The molecule has 2 saturated heterocycles. The summed E-state index contributed by atoms with van der Waals surface area (Å²) in [6.45, 7) is 8.34. The van der Waals surface area contributed by atoms with Crippen molar-refractivity contribution in [3.63, 3.8) is 0 Å². The largest absolute Gasteiger partial charge is 0.494 e. The third kappa shape index (κ3) is 4.78. The van der Waals surface area contributed by atoms with Crippen LogP contribution in [0.3, 0.4) is 0 Å². The number of aryl methyl sites for hydroxylation is 2. The van der Waals surface area contributed by atoms with Crippen molar-refractivity contribution in [3.8, 4) is 5.75 Å². The smallest absolute Gasteiger partial charge is 0.253 e. The molecule has 3 aromatic rings. The van der Waals surface area contributed by atoms with Gasteiger partial charge in [-0.05, 0) is 68.7 Å². The van der Waals surface area contributed by atoms with E-state index in [0.717, 1.165) is 16.8 Å². The van der Waals surface area contributed by atoms with Crippen molar-refractivity contribution < 1.29 is 29.0 Å². The summed E-state index contributed by atoms with van der Waals surface area (Å²) >= 11 is 0. The molecule has 0 radical (unpaired) electrons. The molecule has 1 spiro atoms. The van der Waals surface area contributed by atoms with Gasteiger partial charge in [0.25, 0.3) is 5.91 Å². The molecule has 3 amide bonds. The fraction of sp³-hybridized carbons (Fsp3) is 0.359. The molecule has 0 aromatic heterocycles. The zero-order valence-electron chi connectivity index (χ0n) is 27.7. The number of aliphatic hydroxyl groups is 1. The lowest BCUT2D eigenvalue weighted by atomic mass is 9.74. The second-order valence-electron chi connectivity index (χ2n) is 13.2. The Morgan fingerprint density at radius 2 is 1.50 bits per heavy atom. The van der Waals surface area contributed by atoms with Gasteiger partial charge in [-0.2, -0.15) is 0 Å². The minimum atomic E-state index is -1.47. The normalized spacial score (nSPS) is 28.6. The second-order valence-corrected chi connectivity index (χ2v) is 13.2. The molecule has 6 atom stereocenters. The number of rotatable bonds is 7. The van der Waals surface area contributed by atoms with Gasteiger partial charge in [-0.3, -0.25) is 14.4 Å². The van der Waals surface area contributed by atoms with Crippen molar-refractivity contribution >= 4 is 29.1 Å². The van der Waals surface area contributed by atoms with Crippen LogP contribution in [-0.2, 0) is 19.1 Å². The molecule has 4 heterocycles. The van der Waals surface area contributed by atoms with E-state index in [1.54, 1.807) is 9.80 Å². The van der Waals surface area contributed by atoms with Crippen LogP contribution in [0.2, 0.25) is 0 Å². The van der Waals surface area contributed by atoms with E-state index in [1.807, 2.05) is 125 Å². The minimum absolute atomic E-state index is 0.263. The van der Waals surface area contributed by atoms with Crippen LogP contribution in [0, 0.1) is 25.7 Å². The molecule has 0 aliphatic carbocycles. The Morgan fingerprint density at radius 3 is 2.17 bits per heavy atom. The maximum absolute atomic E-state index is 15.1. The van der Waals surface area contributed by atoms with Gasteiger partial charge >= 0.3 is 0 Å². The summed E-state index contributed by atoms with van der Waals surface area (Å²) in [4.78, 5) is 49.9. The van der Waals surface area contributed by atoms with E-state index in [-0.39, 0.29) is 18.4 Å². The number of carbonyl (C=O) groups is 3. The first-order valence-corrected chi connectivity index (χ1v) is 16.6. The molecule has 1 N–H and O–H groups in total. The van der Waals surface area contributed by atoms with Crippen LogP contribution in [0.4, 0.5) is 11.4 Å². The van der Waals surface area contributed by atoms with Crippen LogP contribution in [0.25, 0.3) is 0 Å². The molecule has 0 saturated carbocycles. The monoisotopic (exact) mass is 647 g/mol. The molecular formula is C39H41N3O6. The highest BCUT2D eigenvalue weighted by Crippen LogP contribution is 2.59. The number of carbonyl (C=O) groups excluding carboxylic acids is 3. The standard InChI is InChI=1S/C39H41N3O6/c1-5-47-29-18-16-28(17-19-29)40-22-10-20-38(4)31(35(40)44)32-36(45)42(30(24-43)27-14-7-6-8-15-27)34-37(46)41(23-11-21-39(32,34)48-38)33-25(2)12-9-13-26(33)3/h6-21,30-32,34,43H,5,22-24H2,1-4H3/t30-,31-,32+,34?,38+,39+/m1/s1. The van der Waals surface area contributed by atoms with Crippen LogP contribution >= 0.6 is 0 Å². The quantitative estimate of drug-likeness (QED) is 0.366. The van der Waals surface area contributed by atoms with Crippen molar-refractivity contribution in [2.75, 3.05) is 36.1 Å². The fourth-order valence-corrected chi connectivity index (χ4v) is 8.38. The van der Waals surface area contributed by atoms with E-state index >= 15 is 9.59 Å². The number of benzene rings is 3. The molecule has 2 fully saturated rings. The Morgan fingerprint density at radius 1 is 0.833 bits per heavy atom. The molecule has 4 aliphatic rings. The summed E-state index contributed by atoms with van der Waals surface area (Å²) in [5, 5.41) is 10.9. The number of likely N-dealkylation sites (tertiary alicyclic amines) is 1. The van der Waals surface area contributed by atoms with Crippen LogP contribution < -0.4 is 14.5 Å². The van der Waals surface area contributed by atoms with E-state index < -0.39 is 47.6 Å². The number of aliphatic hydroxyl groups excluding tert-OH is 1. The highest BCUT2D eigenvalue weighted by molar-refractivity contribution is 6.08. The first-order valence-electron chi connectivity index (χ1n) is 16.6. The topological polar surface area (TPSA) is 99.6 Å². The molecule has 0 bridgehead atoms. The summed E-state index contributed by atoms with van der Waals surface area (Å²) < 4.78 is 12.7. The fourth-order valence-electron chi connectivity index (χ4n) is 8.38. The highest BCUT2D eigenvalue weighted by Gasteiger charge is 2.75. The molecule has 3 aromatic carbocycles. The molecule has 248 valence electrons. The Labute approximate surface area is 281 Å². The van der Waals surface area contributed by atoms with E-state index in [2.05, 4.69) is 0 Å². The lowest BCUT2D eigenvalue weighted by molar-refractivity contribution is -0.148. The van der Waals surface area contributed by atoms with Crippen molar-refractivity contribution in [1.29, 1.82) is 0 Å². The third-order valence-corrected chi connectivity index (χ3v) is 10.4. The lowest BCUT2D eigenvalue weighted by Gasteiger charge is -2.40. The summed E-state index contributed by atoms with van der Waals surface area (Å²) in [7, 11) is 0. The maximum atomic E-state index is 15.1.